The number of benzene rings is 3. The van der Waals surface area contributed by atoms with Gasteiger partial charge in [-0.1, -0.05) is 30.7 Å². The minimum atomic E-state index is -0.316. The van der Waals surface area contributed by atoms with Crippen molar-refractivity contribution in [3.05, 3.63) is 86.8 Å². The average molecular weight is 546 g/mol. The third-order valence-electron chi connectivity index (χ3n) is 4.57. The van der Waals surface area contributed by atoms with Crippen LogP contribution < -0.4 is 19.6 Å². The Morgan fingerprint density at radius 1 is 1.06 bits per heavy atom. The second kappa shape index (κ2) is 13.0. The molecule has 0 bridgehead atoms. The zero-order chi connectivity index (χ0) is 24.3. The largest absolute Gasteiger partial charge is 0.494 e. The molecule has 3 aromatic carbocycles. The summed E-state index contributed by atoms with van der Waals surface area (Å²) < 4.78 is 18.0. The minimum Gasteiger partial charge on any atom is -0.494 e. The van der Waals surface area contributed by atoms with Gasteiger partial charge in [0.1, 0.15) is 12.4 Å². The predicted molar refractivity (Wildman–Crippen MR) is 138 cm³/mol. The Hall–Kier alpha value is -3.03. The molecule has 3 aromatic rings. The lowest BCUT2D eigenvalue weighted by atomic mass is 10.2. The fourth-order valence-electron chi connectivity index (χ4n) is 3.00. The Morgan fingerprint density at radius 3 is 2.56 bits per heavy atom. The zero-order valence-electron chi connectivity index (χ0n) is 19.0. The van der Waals surface area contributed by atoms with Gasteiger partial charge in [0.25, 0.3) is 5.91 Å². The van der Waals surface area contributed by atoms with Gasteiger partial charge in [-0.3, -0.25) is 4.79 Å². The summed E-state index contributed by atoms with van der Waals surface area (Å²) >= 11 is 9.60. The van der Waals surface area contributed by atoms with Crippen LogP contribution in [0, 0.1) is 0 Å². The third kappa shape index (κ3) is 7.50. The number of nitrogens with one attached hydrogen (secondary N) is 1. The first-order valence-corrected chi connectivity index (χ1v) is 12.1. The molecule has 3 rings (SSSR count). The van der Waals surface area contributed by atoms with Crippen LogP contribution in [0.15, 0.2) is 70.2 Å². The summed E-state index contributed by atoms with van der Waals surface area (Å²) in [4.78, 5) is 12.4. The van der Waals surface area contributed by atoms with E-state index in [-0.39, 0.29) is 5.91 Å². The Labute approximate surface area is 213 Å². The van der Waals surface area contributed by atoms with E-state index in [4.69, 9.17) is 25.8 Å². The zero-order valence-corrected chi connectivity index (χ0v) is 21.4. The van der Waals surface area contributed by atoms with Crippen molar-refractivity contribution in [1.29, 1.82) is 0 Å². The highest BCUT2D eigenvalue weighted by Gasteiger charge is 2.13. The number of hydrogen-bond donors (Lipinski definition) is 1. The molecule has 1 amide bonds. The number of carbonyl (C=O) groups excluding carboxylic acids is 1. The van der Waals surface area contributed by atoms with Crippen molar-refractivity contribution in [2.45, 2.75) is 26.9 Å². The van der Waals surface area contributed by atoms with E-state index in [9.17, 15) is 4.79 Å². The highest BCUT2D eigenvalue weighted by molar-refractivity contribution is 9.10. The van der Waals surface area contributed by atoms with Crippen molar-refractivity contribution < 1.29 is 19.0 Å². The second-order valence-electron chi connectivity index (χ2n) is 7.25. The second-order valence-corrected chi connectivity index (χ2v) is 8.54. The van der Waals surface area contributed by atoms with Crippen LogP contribution in [0.4, 0.5) is 0 Å². The Morgan fingerprint density at radius 2 is 1.85 bits per heavy atom. The lowest BCUT2D eigenvalue weighted by Crippen LogP contribution is -2.17. The van der Waals surface area contributed by atoms with Crippen LogP contribution in [0.25, 0.3) is 0 Å². The number of hydrogen-bond acceptors (Lipinski definition) is 5. The van der Waals surface area contributed by atoms with Gasteiger partial charge in [-0.05, 0) is 88.9 Å². The minimum absolute atomic E-state index is 0.316. The molecule has 0 unspecified atom stereocenters. The van der Waals surface area contributed by atoms with Gasteiger partial charge >= 0.3 is 0 Å². The topological polar surface area (TPSA) is 69.2 Å². The molecule has 0 heterocycles. The van der Waals surface area contributed by atoms with Crippen LogP contribution in [0.3, 0.4) is 0 Å². The summed E-state index contributed by atoms with van der Waals surface area (Å²) in [5.41, 5.74) is 4.70. The van der Waals surface area contributed by atoms with E-state index in [0.717, 1.165) is 23.3 Å². The van der Waals surface area contributed by atoms with E-state index in [1.807, 2.05) is 44.2 Å². The number of ether oxygens (including phenoxy) is 3. The van der Waals surface area contributed by atoms with Crippen LogP contribution in [-0.2, 0) is 6.61 Å². The molecule has 178 valence electrons. The molecule has 0 fully saturated rings. The smallest absolute Gasteiger partial charge is 0.271 e. The molecule has 8 heteroatoms. The van der Waals surface area contributed by atoms with Crippen molar-refractivity contribution in [3.8, 4) is 17.2 Å². The van der Waals surface area contributed by atoms with E-state index in [0.29, 0.717) is 46.4 Å². The number of rotatable bonds is 11. The molecule has 34 heavy (non-hydrogen) atoms. The molecular formula is C26H26BrClN2O4. The predicted octanol–water partition coefficient (Wildman–Crippen LogP) is 6.63. The Balaban J connectivity index is 1.66. The molecule has 0 aliphatic rings. The van der Waals surface area contributed by atoms with Gasteiger partial charge in [-0.25, -0.2) is 5.43 Å². The molecule has 0 aromatic heterocycles. The van der Waals surface area contributed by atoms with Gasteiger partial charge in [-0.2, -0.15) is 5.10 Å². The summed E-state index contributed by atoms with van der Waals surface area (Å²) in [6.07, 6.45) is 2.47. The SMILES string of the molecule is CCCOc1ccc(C(=O)N/N=C/c2cc(Br)c(OCc3cccc(Cl)c3)c(OCC)c2)cc1. The van der Waals surface area contributed by atoms with Gasteiger partial charge in [0.2, 0.25) is 0 Å². The van der Waals surface area contributed by atoms with Crippen molar-refractivity contribution in [2.24, 2.45) is 5.10 Å². The highest BCUT2D eigenvalue weighted by Crippen LogP contribution is 2.37. The summed E-state index contributed by atoms with van der Waals surface area (Å²) in [6.45, 7) is 5.38. The fourth-order valence-corrected chi connectivity index (χ4v) is 3.79. The highest BCUT2D eigenvalue weighted by atomic mass is 79.9. The third-order valence-corrected chi connectivity index (χ3v) is 5.40. The lowest BCUT2D eigenvalue weighted by molar-refractivity contribution is 0.0955. The van der Waals surface area contributed by atoms with Crippen molar-refractivity contribution in [2.75, 3.05) is 13.2 Å². The lowest BCUT2D eigenvalue weighted by Gasteiger charge is -2.15. The number of carbonyl (C=O) groups is 1. The van der Waals surface area contributed by atoms with E-state index in [2.05, 4.69) is 26.5 Å². The van der Waals surface area contributed by atoms with Crippen LogP contribution in [0.1, 0.15) is 41.8 Å². The van der Waals surface area contributed by atoms with Gasteiger partial charge in [0.05, 0.1) is 23.9 Å². The number of amides is 1. The quantitative estimate of drug-likeness (QED) is 0.217. The number of nitrogens with zero attached hydrogens (tertiary/aromatic N) is 1. The monoisotopic (exact) mass is 544 g/mol. The Kier molecular flexibility index (Phi) is 9.79. The van der Waals surface area contributed by atoms with Gasteiger partial charge in [0.15, 0.2) is 11.5 Å². The van der Waals surface area contributed by atoms with Crippen molar-refractivity contribution in [1.82, 2.24) is 5.43 Å². The summed E-state index contributed by atoms with van der Waals surface area (Å²) in [6, 6.07) is 18.1. The van der Waals surface area contributed by atoms with E-state index in [1.54, 1.807) is 36.5 Å². The molecule has 0 saturated carbocycles. The molecule has 1 N–H and O–H groups in total. The van der Waals surface area contributed by atoms with Crippen LogP contribution in [-0.4, -0.2) is 25.3 Å². The summed E-state index contributed by atoms with van der Waals surface area (Å²) in [5.74, 6) is 1.56. The van der Waals surface area contributed by atoms with Gasteiger partial charge < -0.3 is 14.2 Å². The van der Waals surface area contributed by atoms with Crippen molar-refractivity contribution >= 4 is 39.7 Å². The summed E-state index contributed by atoms with van der Waals surface area (Å²) in [7, 11) is 0. The molecule has 0 radical (unpaired) electrons. The van der Waals surface area contributed by atoms with Crippen LogP contribution in [0.5, 0.6) is 17.2 Å². The Bertz CT molecular complexity index is 1140. The molecule has 0 spiro atoms. The van der Waals surface area contributed by atoms with Crippen LogP contribution >= 0.6 is 27.5 Å². The van der Waals surface area contributed by atoms with Gasteiger partial charge in [0, 0.05) is 10.6 Å². The molecule has 0 aliphatic carbocycles. The van der Waals surface area contributed by atoms with E-state index < -0.39 is 0 Å². The normalized spacial score (nSPS) is 10.8. The van der Waals surface area contributed by atoms with Crippen LogP contribution in [0.2, 0.25) is 5.02 Å². The number of hydrazone groups is 1. The molecular weight excluding hydrogens is 520 g/mol. The maximum atomic E-state index is 12.4. The molecule has 6 nitrogen and oxygen atoms in total. The molecule has 0 atom stereocenters. The maximum absolute atomic E-state index is 12.4. The molecule has 0 aliphatic heterocycles. The first-order chi connectivity index (χ1) is 16.5. The number of halogens is 2. The standard InChI is InChI=1S/C26H26BrClN2O4/c1-3-12-33-22-10-8-20(9-11-22)26(31)30-29-16-19-14-23(27)25(24(15-19)32-4-2)34-17-18-6-5-7-21(28)13-18/h5-11,13-16H,3-4,12,17H2,1-2H3,(H,30,31)/b29-16+. The first kappa shape index (κ1) is 25.6. The van der Waals surface area contributed by atoms with E-state index in [1.165, 1.54) is 0 Å². The van der Waals surface area contributed by atoms with Crippen molar-refractivity contribution in [3.63, 3.8) is 0 Å². The fraction of sp³-hybridized carbons (Fsp3) is 0.231. The maximum Gasteiger partial charge on any atom is 0.271 e. The molecule has 0 saturated heterocycles. The van der Waals surface area contributed by atoms with E-state index >= 15 is 0 Å². The summed E-state index contributed by atoms with van der Waals surface area (Å²) in [5, 5.41) is 4.73. The van der Waals surface area contributed by atoms with Gasteiger partial charge in [-0.15, -0.1) is 0 Å². The first-order valence-electron chi connectivity index (χ1n) is 10.9. The average Bonchev–Trinajstić information content (AvgIpc) is 2.83.